The molecule has 170 valence electrons. The maximum absolute atomic E-state index is 12.6. The molecule has 3 rings (SSSR count). The minimum atomic E-state index is -3.51. The predicted molar refractivity (Wildman–Crippen MR) is 138 cm³/mol. The number of anilines is 1. The van der Waals surface area contributed by atoms with Crippen molar-refractivity contribution in [1.82, 2.24) is 14.9 Å². The predicted octanol–water partition coefficient (Wildman–Crippen LogP) is 2.89. The first-order valence-electron chi connectivity index (χ1n) is 10.3. The summed E-state index contributed by atoms with van der Waals surface area (Å²) < 4.78 is 26.5. The molecule has 1 unspecified atom stereocenters. The maximum atomic E-state index is 12.6. The third-order valence-electron chi connectivity index (χ3n) is 5.13. The van der Waals surface area contributed by atoms with Gasteiger partial charge in [0, 0.05) is 45.5 Å². The highest BCUT2D eigenvalue weighted by atomic mass is 127. The molecule has 1 aliphatic rings. The second-order valence-corrected chi connectivity index (χ2v) is 9.62. The summed E-state index contributed by atoms with van der Waals surface area (Å²) in [7, 11) is -0.429. The Morgan fingerprint density at radius 3 is 2.48 bits per heavy atom. The fourth-order valence-corrected chi connectivity index (χ4v) is 4.62. The van der Waals surface area contributed by atoms with Crippen molar-refractivity contribution >= 4 is 45.6 Å². The molecule has 1 fully saturated rings. The lowest BCUT2D eigenvalue weighted by Crippen LogP contribution is -2.44. The van der Waals surface area contributed by atoms with Gasteiger partial charge in [-0.15, -0.1) is 24.0 Å². The molecule has 7 nitrogen and oxygen atoms in total. The summed E-state index contributed by atoms with van der Waals surface area (Å²) in [6.07, 6.45) is 1.02. The molecule has 0 spiro atoms. The fraction of sp³-hybridized carbons (Fsp3) is 0.409. The van der Waals surface area contributed by atoms with Gasteiger partial charge in [0.2, 0.25) is 10.0 Å². The molecule has 9 heteroatoms. The maximum Gasteiger partial charge on any atom is 0.242 e. The number of nitrogens with one attached hydrogen (secondary N) is 2. The van der Waals surface area contributed by atoms with Gasteiger partial charge in [0.25, 0.3) is 0 Å². The van der Waals surface area contributed by atoms with Crippen molar-refractivity contribution in [3.63, 3.8) is 0 Å². The number of guanidine groups is 1. The molecule has 0 saturated carbocycles. The van der Waals surface area contributed by atoms with Crippen LogP contribution in [-0.2, 0) is 16.6 Å². The van der Waals surface area contributed by atoms with E-state index in [2.05, 4.69) is 44.8 Å². The molecule has 1 atom stereocenters. The molecule has 0 aromatic heterocycles. The summed E-state index contributed by atoms with van der Waals surface area (Å²) in [6, 6.07) is 17.7. The van der Waals surface area contributed by atoms with E-state index in [4.69, 9.17) is 0 Å². The van der Waals surface area contributed by atoms with E-state index in [0.717, 1.165) is 26.1 Å². The number of sulfonamides is 1. The minimum Gasteiger partial charge on any atom is -0.369 e. The monoisotopic (exact) mass is 557 g/mol. The third-order valence-corrected chi connectivity index (χ3v) is 7.05. The highest BCUT2D eigenvalue weighted by molar-refractivity contribution is 14.0. The standard InChI is InChI=1S/C22H31N5O2S.HI/c1-4-23-22(25-19-14-15-27(17-19)20-11-6-5-7-12-20)24-16-18-10-8-9-13-21(18)30(28,29)26(2)3;/h5-13,19H,4,14-17H2,1-3H3,(H2,23,24,25);1H. The van der Waals surface area contributed by atoms with E-state index in [1.165, 1.54) is 9.99 Å². The van der Waals surface area contributed by atoms with Gasteiger partial charge in [0.1, 0.15) is 0 Å². The van der Waals surface area contributed by atoms with E-state index in [-0.39, 0.29) is 36.6 Å². The average Bonchev–Trinajstić information content (AvgIpc) is 3.21. The first-order valence-corrected chi connectivity index (χ1v) is 11.7. The van der Waals surface area contributed by atoms with Crippen LogP contribution in [0.4, 0.5) is 5.69 Å². The molecule has 1 aliphatic heterocycles. The molecule has 2 aromatic rings. The molecule has 1 heterocycles. The van der Waals surface area contributed by atoms with Gasteiger partial charge >= 0.3 is 0 Å². The van der Waals surface area contributed by atoms with E-state index < -0.39 is 10.0 Å². The number of benzene rings is 2. The molecule has 31 heavy (non-hydrogen) atoms. The quantitative estimate of drug-likeness (QED) is 0.311. The Kier molecular flexibility index (Phi) is 9.57. The van der Waals surface area contributed by atoms with Crippen LogP contribution in [-0.4, -0.2) is 58.5 Å². The largest absolute Gasteiger partial charge is 0.369 e. The number of para-hydroxylation sites is 1. The Hall–Kier alpha value is -1.85. The van der Waals surface area contributed by atoms with Crippen LogP contribution in [0.5, 0.6) is 0 Å². The zero-order chi connectivity index (χ0) is 21.6. The Bertz CT molecular complexity index is 967. The number of aliphatic imine (C=N–C) groups is 1. The summed E-state index contributed by atoms with van der Waals surface area (Å²) in [5.41, 5.74) is 1.91. The number of hydrogen-bond donors (Lipinski definition) is 2. The average molecular weight is 558 g/mol. The van der Waals surface area contributed by atoms with E-state index >= 15 is 0 Å². The summed E-state index contributed by atoms with van der Waals surface area (Å²) in [5, 5.41) is 6.78. The fourth-order valence-electron chi connectivity index (χ4n) is 3.51. The van der Waals surface area contributed by atoms with Gasteiger partial charge in [0.15, 0.2) is 5.96 Å². The molecule has 0 amide bonds. The first-order chi connectivity index (χ1) is 14.4. The van der Waals surface area contributed by atoms with Gasteiger partial charge < -0.3 is 15.5 Å². The van der Waals surface area contributed by atoms with Crippen LogP contribution in [0.15, 0.2) is 64.5 Å². The van der Waals surface area contributed by atoms with Gasteiger partial charge in [-0.3, -0.25) is 0 Å². The molecule has 2 N–H and O–H groups in total. The number of halogens is 1. The second-order valence-electron chi connectivity index (χ2n) is 7.50. The first kappa shape index (κ1) is 25.4. The molecular formula is C22H32IN5O2S. The van der Waals surface area contributed by atoms with Crippen molar-refractivity contribution in [2.75, 3.05) is 38.6 Å². The molecular weight excluding hydrogens is 525 g/mol. The summed E-state index contributed by atoms with van der Waals surface area (Å²) in [4.78, 5) is 7.33. The number of hydrogen-bond acceptors (Lipinski definition) is 4. The summed E-state index contributed by atoms with van der Waals surface area (Å²) in [5.74, 6) is 0.703. The van der Waals surface area contributed by atoms with E-state index in [0.29, 0.717) is 16.4 Å². The zero-order valence-corrected chi connectivity index (χ0v) is 21.4. The van der Waals surface area contributed by atoms with Gasteiger partial charge in [-0.2, -0.15) is 0 Å². The molecule has 0 aliphatic carbocycles. The Labute approximate surface area is 203 Å². The lowest BCUT2D eigenvalue weighted by molar-refractivity contribution is 0.519. The van der Waals surface area contributed by atoms with Crippen LogP contribution >= 0.6 is 24.0 Å². The van der Waals surface area contributed by atoms with Gasteiger partial charge in [-0.1, -0.05) is 36.4 Å². The van der Waals surface area contributed by atoms with Crippen molar-refractivity contribution in [2.45, 2.75) is 30.8 Å². The van der Waals surface area contributed by atoms with Crippen molar-refractivity contribution < 1.29 is 8.42 Å². The topological polar surface area (TPSA) is 77.0 Å². The van der Waals surface area contributed by atoms with Crippen LogP contribution in [0.25, 0.3) is 0 Å². The van der Waals surface area contributed by atoms with Crippen molar-refractivity contribution in [3.8, 4) is 0 Å². The Morgan fingerprint density at radius 2 is 1.81 bits per heavy atom. The van der Waals surface area contributed by atoms with Gasteiger partial charge in [0.05, 0.1) is 11.4 Å². The van der Waals surface area contributed by atoms with Gasteiger partial charge in [-0.25, -0.2) is 17.7 Å². The smallest absolute Gasteiger partial charge is 0.242 e. The number of rotatable bonds is 7. The highest BCUT2D eigenvalue weighted by Gasteiger charge is 2.24. The van der Waals surface area contributed by atoms with Gasteiger partial charge in [-0.05, 0) is 37.1 Å². The SMILES string of the molecule is CCNC(=NCc1ccccc1S(=O)(=O)N(C)C)NC1CCN(c2ccccc2)C1.I. The molecule has 0 radical (unpaired) electrons. The highest BCUT2D eigenvalue weighted by Crippen LogP contribution is 2.21. The van der Waals surface area contributed by atoms with Crippen LogP contribution in [0, 0.1) is 0 Å². The number of nitrogens with zero attached hydrogens (tertiary/aromatic N) is 3. The van der Waals surface area contributed by atoms with Crippen molar-refractivity contribution in [3.05, 3.63) is 60.2 Å². The van der Waals surface area contributed by atoms with Crippen molar-refractivity contribution in [2.24, 2.45) is 4.99 Å². The normalized spacial score (nSPS) is 16.8. The van der Waals surface area contributed by atoms with Crippen LogP contribution in [0.1, 0.15) is 18.9 Å². The van der Waals surface area contributed by atoms with Crippen molar-refractivity contribution in [1.29, 1.82) is 0 Å². The Morgan fingerprint density at radius 1 is 1.13 bits per heavy atom. The van der Waals surface area contributed by atoms with E-state index in [1.807, 2.05) is 25.1 Å². The summed E-state index contributed by atoms with van der Waals surface area (Å²) in [6.45, 7) is 4.93. The lowest BCUT2D eigenvalue weighted by atomic mass is 10.2. The lowest BCUT2D eigenvalue weighted by Gasteiger charge is -2.20. The van der Waals surface area contributed by atoms with Crippen LogP contribution in [0.3, 0.4) is 0 Å². The van der Waals surface area contributed by atoms with E-state index in [9.17, 15) is 8.42 Å². The minimum absolute atomic E-state index is 0. The van der Waals surface area contributed by atoms with Crippen LogP contribution < -0.4 is 15.5 Å². The van der Waals surface area contributed by atoms with E-state index in [1.54, 1.807) is 26.2 Å². The second kappa shape index (κ2) is 11.7. The Balaban J connectivity index is 0.00000341. The van der Waals surface area contributed by atoms with Crippen LogP contribution in [0.2, 0.25) is 0 Å². The molecule has 0 bridgehead atoms. The zero-order valence-electron chi connectivity index (χ0n) is 18.3. The molecule has 1 saturated heterocycles. The summed E-state index contributed by atoms with van der Waals surface area (Å²) >= 11 is 0. The molecule has 2 aromatic carbocycles. The third kappa shape index (κ3) is 6.56.